The zero-order valence-electron chi connectivity index (χ0n) is 14.3. The number of phenolic OH excluding ortho intramolecular Hbond substituents is 1. The fraction of sp³-hybridized carbons (Fsp3) is 0.300. The maximum Gasteiger partial charge on any atom is 0.262 e. The number of phenols is 1. The summed E-state index contributed by atoms with van der Waals surface area (Å²) in [5.41, 5.74) is 2.37. The van der Waals surface area contributed by atoms with Crippen molar-refractivity contribution in [2.24, 2.45) is 0 Å². The predicted molar refractivity (Wildman–Crippen MR) is 96.6 cm³/mol. The van der Waals surface area contributed by atoms with E-state index in [0.29, 0.717) is 36.0 Å². The van der Waals surface area contributed by atoms with Gasteiger partial charge in [-0.3, -0.25) is 9.59 Å². The molecule has 0 atom stereocenters. The number of benzene rings is 2. The van der Waals surface area contributed by atoms with E-state index in [1.165, 1.54) is 5.56 Å². The van der Waals surface area contributed by atoms with Crippen LogP contribution < -0.4 is 10.1 Å². The summed E-state index contributed by atoms with van der Waals surface area (Å²) < 4.78 is 5.40. The average Bonchev–Trinajstić information content (AvgIpc) is 2.68. The van der Waals surface area contributed by atoms with Crippen LogP contribution in [-0.2, 0) is 4.79 Å². The summed E-state index contributed by atoms with van der Waals surface area (Å²) >= 11 is 0. The molecule has 0 saturated carbocycles. The lowest BCUT2D eigenvalue weighted by atomic mass is 9.89. The number of carbonyl (C=O) groups excluding carboxylic acids is 2. The van der Waals surface area contributed by atoms with Crippen LogP contribution in [0, 0.1) is 0 Å². The number of carbonyl (C=O) groups is 2. The van der Waals surface area contributed by atoms with Gasteiger partial charge in [0.15, 0.2) is 6.61 Å². The first-order valence-corrected chi connectivity index (χ1v) is 8.75. The summed E-state index contributed by atoms with van der Waals surface area (Å²) in [7, 11) is 0. The molecule has 0 bridgehead atoms. The van der Waals surface area contributed by atoms with Gasteiger partial charge in [0.25, 0.3) is 11.8 Å². The molecule has 2 amide bonds. The summed E-state index contributed by atoms with van der Waals surface area (Å²) in [5, 5.41) is 12.1. The second-order valence-corrected chi connectivity index (χ2v) is 6.71. The van der Waals surface area contributed by atoms with Crippen LogP contribution in [0.25, 0.3) is 0 Å². The van der Waals surface area contributed by atoms with Crippen LogP contribution in [0.5, 0.6) is 11.5 Å². The van der Waals surface area contributed by atoms with Crippen LogP contribution in [0.3, 0.4) is 0 Å². The first kappa shape index (κ1) is 16.4. The molecule has 2 aliphatic rings. The van der Waals surface area contributed by atoms with Gasteiger partial charge in [-0.15, -0.1) is 0 Å². The van der Waals surface area contributed by atoms with Crippen LogP contribution in [0.4, 0.5) is 5.69 Å². The van der Waals surface area contributed by atoms with Crippen molar-refractivity contribution in [2.45, 2.75) is 18.8 Å². The minimum atomic E-state index is -0.187. The lowest BCUT2D eigenvalue weighted by molar-refractivity contribution is -0.118. The highest BCUT2D eigenvalue weighted by Crippen LogP contribution is 2.32. The first-order valence-electron chi connectivity index (χ1n) is 8.75. The number of rotatable bonds is 2. The number of anilines is 1. The number of hydrogen-bond donors (Lipinski definition) is 2. The molecule has 134 valence electrons. The van der Waals surface area contributed by atoms with Gasteiger partial charge >= 0.3 is 0 Å². The first-order chi connectivity index (χ1) is 12.6. The standard InChI is InChI=1S/C20H20N2O4/c23-16-4-1-13(2-5-16)14-7-9-22(10-8-14)20(25)15-3-6-17-18(11-15)26-12-19(24)21-17/h1-6,11,14,23H,7-10,12H2,(H,21,24). The fourth-order valence-corrected chi connectivity index (χ4v) is 3.55. The van der Waals surface area contributed by atoms with Crippen molar-refractivity contribution in [3.8, 4) is 11.5 Å². The van der Waals surface area contributed by atoms with Gasteiger partial charge < -0.3 is 20.1 Å². The molecule has 6 nitrogen and oxygen atoms in total. The number of amides is 2. The van der Waals surface area contributed by atoms with E-state index < -0.39 is 0 Å². The van der Waals surface area contributed by atoms with Crippen molar-refractivity contribution in [1.29, 1.82) is 0 Å². The number of hydrogen-bond acceptors (Lipinski definition) is 4. The number of fused-ring (bicyclic) bond motifs is 1. The molecule has 2 N–H and O–H groups in total. The van der Waals surface area contributed by atoms with Crippen LogP contribution in [0.15, 0.2) is 42.5 Å². The van der Waals surface area contributed by atoms with Crippen molar-refractivity contribution in [3.05, 3.63) is 53.6 Å². The van der Waals surface area contributed by atoms with Gasteiger partial charge in [-0.05, 0) is 54.7 Å². The molecule has 2 heterocycles. The van der Waals surface area contributed by atoms with E-state index >= 15 is 0 Å². The monoisotopic (exact) mass is 352 g/mol. The van der Waals surface area contributed by atoms with E-state index in [0.717, 1.165) is 12.8 Å². The van der Waals surface area contributed by atoms with Crippen LogP contribution in [0.2, 0.25) is 0 Å². The van der Waals surface area contributed by atoms with E-state index in [4.69, 9.17) is 4.74 Å². The Morgan fingerprint density at radius 2 is 1.85 bits per heavy atom. The van der Waals surface area contributed by atoms with Crippen LogP contribution >= 0.6 is 0 Å². The van der Waals surface area contributed by atoms with Crippen molar-refractivity contribution < 1.29 is 19.4 Å². The highest BCUT2D eigenvalue weighted by atomic mass is 16.5. The maximum atomic E-state index is 12.8. The van der Waals surface area contributed by atoms with Gasteiger partial charge in [0.1, 0.15) is 11.5 Å². The fourth-order valence-electron chi connectivity index (χ4n) is 3.55. The Kier molecular flexibility index (Phi) is 4.24. The van der Waals surface area contributed by atoms with Gasteiger partial charge in [0.05, 0.1) is 5.69 Å². The SMILES string of the molecule is O=C1COc2cc(C(=O)N3CCC(c4ccc(O)cc4)CC3)ccc2N1. The largest absolute Gasteiger partial charge is 0.508 e. The third-order valence-corrected chi connectivity index (χ3v) is 5.01. The zero-order valence-corrected chi connectivity index (χ0v) is 14.3. The summed E-state index contributed by atoms with van der Waals surface area (Å²) in [4.78, 5) is 26.0. The predicted octanol–water partition coefficient (Wildman–Crippen LogP) is 2.74. The smallest absolute Gasteiger partial charge is 0.262 e. The number of nitrogens with zero attached hydrogens (tertiary/aromatic N) is 1. The van der Waals surface area contributed by atoms with Crippen molar-refractivity contribution in [2.75, 3.05) is 25.0 Å². The summed E-state index contributed by atoms with van der Waals surface area (Å²) in [6.45, 7) is 1.36. The summed E-state index contributed by atoms with van der Waals surface area (Å²) in [6.07, 6.45) is 1.79. The molecular formula is C20H20N2O4. The number of ether oxygens (including phenoxy) is 1. The molecule has 2 aromatic rings. The molecule has 6 heteroatoms. The van der Waals surface area contributed by atoms with E-state index in [2.05, 4.69) is 5.32 Å². The number of aromatic hydroxyl groups is 1. The number of nitrogens with one attached hydrogen (secondary N) is 1. The number of piperidine rings is 1. The Labute approximate surface area is 151 Å². The quantitative estimate of drug-likeness (QED) is 0.871. The Balaban J connectivity index is 1.42. The van der Waals surface area contributed by atoms with Gasteiger partial charge in [0.2, 0.25) is 0 Å². The Morgan fingerprint density at radius 1 is 1.12 bits per heavy atom. The third kappa shape index (κ3) is 3.22. The van der Waals surface area contributed by atoms with E-state index in [1.807, 2.05) is 17.0 Å². The second kappa shape index (κ2) is 6.71. The van der Waals surface area contributed by atoms with Gasteiger partial charge in [-0.2, -0.15) is 0 Å². The molecule has 0 aromatic heterocycles. The Hall–Kier alpha value is -3.02. The topological polar surface area (TPSA) is 78.9 Å². The summed E-state index contributed by atoms with van der Waals surface area (Å²) in [6, 6.07) is 12.4. The van der Waals surface area contributed by atoms with E-state index in [1.54, 1.807) is 30.3 Å². The average molecular weight is 352 g/mol. The molecule has 0 unspecified atom stereocenters. The molecule has 2 aliphatic heterocycles. The van der Waals surface area contributed by atoms with E-state index in [9.17, 15) is 14.7 Å². The highest BCUT2D eigenvalue weighted by Gasteiger charge is 2.26. The maximum absolute atomic E-state index is 12.8. The molecule has 0 spiro atoms. The normalized spacial score (nSPS) is 17.2. The lowest BCUT2D eigenvalue weighted by Gasteiger charge is -2.32. The van der Waals surface area contributed by atoms with Gasteiger partial charge in [0, 0.05) is 18.7 Å². The lowest BCUT2D eigenvalue weighted by Crippen LogP contribution is -2.38. The number of likely N-dealkylation sites (tertiary alicyclic amines) is 1. The Morgan fingerprint density at radius 3 is 2.58 bits per heavy atom. The molecular weight excluding hydrogens is 332 g/mol. The second-order valence-electron chi connectivity index (χ2n) is 6.71. The molecule has 1 fully saturated rings. The van der Waals surface area contributed by atoms with Crippen LogP contribution in [-0.4, -0.2) is 41.5 Å². The van der Waals surface area contributed by atoms with E-state index in [-0.39, 0.29) is 24.2 Å². The molecule has 0 radical (unpaired) electrons. The molecule has 4 rings (SSSR count). The molecule has 1 saturated heterocycles. The van der Waals surface area contributed by atoms with Crippen LogP contribution in [0.1, 0.15) is 34.7 Å². The molecule has 26 heavy (non-hydrogen) atoms. The zero-order chi connectivity index (χ0) is 18.1. The van der Waals surface area contributed by atoms with Crippen molar-refractivity contribution >= 4 is 17.5 Å². The molecule has 0 aliphatic carbocycles. The third-order valence-electron chi connectivity index (χ3n) is 5.01. The Bertz CT molecular complexity index is 839. The van der Waals surface area contributed by atoms with Crippen molar-refractivity contribution in [3.63, 3.8) is 0 Å². The minimum Gasteiger partial charge on any atom is -0.508 e. The summed E-state index contributed by atoms with van der Waals surface area (Å²) in [5.74, 6) is 1.01. The molecule has 2 aromatic carbocycles. The minimum absolute atomic E-state index is 0.0162. The van der Waals surface area contributed by atoms with Gasteiger partial charge in [-0.1, -0.05) is 12.1 Å². The highest BCUT2D eigenvalue weighted by molar-refractivity contribution is 5.99. The van der Waals surface area contributed by atoms with Gasteiger partial charge in [-0.25, -0.2) is 0 Å². The van der Waals surface area contributed by atoms with Crippen molar-refractivity contribution in [1.82, 2.24) is 4.90 Å².